The Morgan fingerprint density at radius 2 is 1.71 bits per heavy atom. The number of aliphatic carboxylic acids is 1. The van der Waals surface area contributed by atoms with E-state index in [9.17, 15) is 27.9 Å². The van der Waals surface area contributed by atoms with E-state index in [2.05, 4.69) is 5.32 Å². The van der Waals surface area contributed by atoms with Crippen molar-refractivity contribution in [2.45, 2.75) is 37.8 Å². The van der Waals surface area contributed by atoms with Crippen molar-refractivity contribution in [2.24, 2.45) is 11.8 Å². The van der Waals surface area contributed by atoms with Crippen molar-refractivity contribution in [1.82, 2.24) is 5.32 Å². The highest BCUT2D eigenvalue weighted by molar-refractivity contribution is 5.86. The first-order valence-electron chi connectivity index (χ1n) is 7.59. The lowest BCUT2D eigenvalue weighted by Gasteiger charge is -2.23. The van der Waals surface area contributed by atoms with E-state index in [-0.39, 0.29) is 6.54 Å². The molecule has 2 heterocycles. The van der Waals surface area contributed by atoms with Crippen molar-refractivity contribution in [3.8, 4) is 0 Å². The summed E-state index contributed by atoms with van der Waals surface area (Å²) in [5.41, 5.74) is -0.252. The number of hydrogen-bond acceptors (Lipinski definition) is 3. The Bertz CT molecular complexity index is 644. The van der Waals surface area contributed by atoms with Gasteiger partial charge in [-0.1, -0.05) is 12.1 Å². The molecule has 5 nitrogen and oxygen atoms in total. The van der Waals surface area contributed by atoms with Crippen molar-refractivity contribution in [2.75, 3.05) is 0 Å². The molecular formula is C16H16F3NO4. The molecule has 2 aliphatic heterocycles. The van der Waals surface area contributed by atoms with Crippen molar-refractivity contribution >= 4 is 11.9 Å². The fourth-order valence-electron chi connectivity index (χ4n) is 3.44. The maximum Gasteiger partial charge on any atom is 0.416 e. The van der Waals surface area contributed by atoms with Crippen LogP contribution in [0.1, 0.15) is 24.0 Å². The molecule has 1 amide bonds. The second-order valence-electron chi connectivity index (χ2n) is 6.09. The summed E-state index contributed by atoms with van der Waals surface area (Å²) < 4.78 is 43.0. The summed E-state index contributed by atoms with van der Waals surface area (Å²) in [4.78, 5) is 23.7. The molecule has 130 valence electrons. The lowest BCUT2D eigenvalue weighted by Crippen LogP contribution is -2.43. The molecule has 0 spiro atoms. The first-order chi connectivity index (χ1) is 11.3. The second-order valence-corrected chi connectivity index (χ2v) is 6.09. The number of alkyl halides is 3. The normalized spacial score (nSPS) is 28.8. The highest BCUT2D eigenvalue weighted by Crippen LogP contribution is 2.43. The summed E-state index contributed by atoms with van der Waals surface area (Å²) in [6.07, 6.45) is -3.97. The Balaban J connectivity index is 1.62. The van der Waals surface area contributed by atoms with Gasteiger partial charge in [0, 0.05) is 6.54 Å². The second kappa shape index (κ2) is 6.08. The van der Waals surface area contributed by atoms with E-state index in [1.807, 2.05) is 0 Å². The number of halogens is 3. The van der Waals surface area contributed by atoms with Gasteiger partial charge in [-0.25, -0.2) is 0 Å². The van der Waals surface area contributed by atoms with Crippen molar-refractivity contribution in [3.63, 3.8) is 0 Å². The summed E-state index contributed by atoms with van der Waals surface area (Å²) in [7, 11) is 0. The Kier molecular flexibility index (Phi) is 4.25. The van der Waals surface area contributed by atoms with Gasteiger partial charge in [-0.3, -0.25) is 9.59 Å². The minimum absolute atomic E-state index is 0.0389. The molecule has 1 aromatic carbocycles. The molecule has 24 heavy (non-hydrogen) atoms. The number of nitrogens with one attached hydrogen (secondary N) is 1. The zero-order valence-electron chi connectivity index (χ0n) is 12.5. The number of benzene rings is 1. The number of ether oxygens (including phenoxy) is 1. The third-order valence-electron chi connectivity index (χ3n) is 4.61. The molecule has 0 aliphatic carbocycles. The first kappa shape index (κ1) is 16.8. The van der Waals surface area contributed by atoms with E-state index < -0.39 is 47.7 Å². The minimum Gasteiger partial charge on any atom is -0.481 e. The number of carboxylic acid groups (broad SMARTS) is 1. The summed E-state index contributed by atoms with van der Waals surface area (Å²) in [6, 6.07) is 4.47. The number of hydrogen-bond donors (Lipinski definition) is 2. The third kappa shape index (κ3) is 3.10. The molecule has 8 heteroatoms. The fourth-order valence-corrected chi connectivity index (χ4v) is 3.44. The molecule has 1 aromatic rings. The number of rotatable bonds is 4. The van der Waals surface area contributed by atoms with Gasteiger partial charge in [0.15, 0.2) is 0 Å². The summed E-state index contributed by atoms with van der Waals surface area (Å²) in [5, 5.41) is 11.9. The van der Waals surface area contributed by atoms with Gasteiger partial charge in [0.25, 0.3) is 0 Å². The predicted molar refractivity (Wildman–Crippen MR) is 75.8 cm³/mol. The van der Waals surface area contributed by atoms with E-state index in [0.29, 0.717) is 18.4 Å². The topological polar surface area (TPSA) is 75.6 Å². The molecule has 4 atom stereocenters. The van der Waals surface area contributed by atoms with Crippen LogP contribution >= 0.6 is 0 Å². The lowest BCUT2D eigenvalue weighted by atomic mass is 9.78. The highest BCUT2D eigenvalue weighted by atomic mass is 19.4. The monoisotopic (exact) mass is 343 g/mol. The van der Waals surface area contributed by atoms with Gasteiger partial charge >= 0.3 is 12.1 Å². The van der Waals surface area contributed by atoms with Crippen LogP contribution in [0.4, 0.5) is 13.2 Å². The SMILES string of the molecule is O=C(NCc1ccc(C(F)(F)F)cc1)C1C(C(=O)O)[C@H]2CC[C@@H]1O2. The lowest BCUT2D eigenvalue weighted by molar-refractivity contribution is -0.147. The van der Waals surface area contributed by atoms with Crippen LogP contribution in [0.15, 0.2) is 24.3 Å². The van der Waals surface area contributed by atoms with E-state index >= 15 is 0 Å². The van der Waals surface area contributed by atoms with E-state index in [0.717, 1.165) is 12.1 Å². The van der Waals surface area contributed by atoms with Gasteiger partial charge in [-0.15, -0.1) is 0 Å². The summed E-state index contributed by atoms with van der Waals surface area (Å²) >= 11 is 0. The fraction of sp³-hybridized carbons (Fsp3) is 0.500. The van der Waals surface area contributed by atoms with Crippen LogP contribution in [0, 0.1) is 11.8 Å². The van der Waals surface area contributed by atoms with Crippen molar-refractivity contribution < 1.29 is 32.6 Å². The molecular weight excluding hydrogens is 327 g/mol. The molecule has 0 radical (unpaired) electrons. The number of carboxylic acids is 1. The minimum atomic E-state index is -4.41. The summed E-state index contributed by atoms with van der Waals surface area (Å²) in [5.74, 6) is -3.11. The zero-order chi connectivity index (χ0) is 17.5. The smallest absolute Gasteiger partial charge is 0.416 e. The predicted octanol–water partition coefficient (Wildman–Crippen LogP) is 2.20. The molecule has 2 unspecified atom stereocenters. The average molecular weight is 343 g/mol. The maximum atomic E-state index is 12.5. The molecule has 0 saturated carbocycles. The zero-order valence-corrected chi connectivity index (χ0v) is 12.5. The van der Waals surface area contributed by atoms with Crippen LogP contribution in [-0.2, 0) is 27.0 Å². The number of amides is 1. The molecule has 2 aliphatic rings. The number of fused-ring (bicyclic) bond motifs is 2. The molecule has 2 saturated heterocycles. The molecule has 3 rings (SSSR count). The van der Waals surface area contributed by atoms with Gasteiger partial charge in [-0.05, 0) is 30.5 Å². The largest absolute Gasteiger partial charge is 0.481 e. The Hall–Kier alpha value is -2.09. The molecule has 0 aromatic heterocycles. The van der Waals surface area contributed by atoms with Crippen LogP contribution in [0.3, 0.4) is 0 Å². The van der Waals surface area contributed by atoms with E-state index in [1.54, 1.807) is 0 Å². The first-order valence-corrected chi connectivity index (χ1v) is 7.59. The Morgan fingerprint density at radius 1 is 1.12 bits per heavy atom. The van der Waals surface area contributed by atoms with Crippen LogP contribution in [0.25, 0.3) is 0 Å². The van der Waals surface area contributed by atoms with Crippen LogP contribution in [0.5, 0.6) is 0 Å². The van der Waals surface area contributed by atoms with E-state index in [4.69, 9.17) is 4.74 Å². The number of carbonyl (C=O) groups excluding carboxylic acids is 1. The van der Waals surface area contributed by atoms with Crippen LogP contribution in [0.2, 0.25) is 0 Å². The van der Waals surface area contributed by atoms with Crippen LogP contribution < -0.4 is 5.32 Å². The molecule has 2 N–H and O–H groups in total. The van der Waals surface area contributed by atoms with E-state index in [1.165, 1.54) is 12.1 Å². The summed E-state index contributed by atoms with van der Waals surface area (Å²) in [6.45, 7) is 0.0389. The van der Waals surface area contributed by atoms with Crippen LogP contribution in [-0.4, -0.2) is 29.2 Å². The Labute approximate surface area is 135 Å². The van der Waals surface area contributed by atoms with Gasteiger partial charge in [0.2, 0.25) is 5.91 Å². The maximum absolute atomic E-state index is 12.5. The van der Waals surface area contributed by atoms with Gasteiger partial charge < -0.3 is 15.2 Å². The quantitative estimate of drug-likeness (QED) is 0.879. The number of carbonyl (C=O) groups is 2. The highest BCUT2D eigenvalue weighted by Gasteiger charge is 2.55. The van der Waals surface area contributed by atoms with Gasteiger partial charge in [-0.2, -0.15) is 13.2 Å². The Morgan fingerprint density at radius 3 is 2.25 bits per heavy atom. The van der Waals surface area contributed by atoms with Gasteiger partial charge in [0.1, 0.15) is 0 Å². The molecule has 2 fully saturated rings. The van der Waals surface area contributed by atoms with Crippen molar-refractivity contribution in [1.29, 1.82) is 0 Å². The third-order valence-corrected chi connectivity index (χ3v) is 4.61. The average Bonchev–Trinajstić information content (AvgIpc) is 3.13. The molecule has 2 bridgehead atoms. The van der Waals surface area contributed by atoms with Gasteiger partial charge in [0.05, 0.1) is 29.6 Å². The van der Waals surface area contributed by atoms with Crippen molar-refractivity contribution in [3.05, 3.63) is 35.4 Å². The standard InChI is InChI=1S/C16H16F3NO4/c17-16(18,19)9-3-1-8(2-4-9)7-20-14(21)12-10-5-6-11(24-10)13(12)15(22)23/h1-4,10-13H,5-7H2,(H,20,21)(H,22,23)/t10-,11+,12?,13?/m0/s1.